The van der Waals surface area contributed by atoms with Gasteiger partial charge < -0.3 is 4.74 Å². The maximum atomic E-state index is 5.32. The molecule has 0 N–H and O–H groups in total. The number of hydrogen-bond acceptors (Lipinski definition) is 2. The van der Waals surface area contributed by atoms with Crippen LogP contribution in [0.2, 0.25) is 0 Å². The molecule has 1 unspecified atom stereocenters. The molecule has 0 bridgehead atoms. The molecule has 2 heteroatoms. The van der Waals surface area contributed by atoms with Gasteiger partial charge in [0.1, 0.15) is 12.6 Å². The SMILES string of the molecule is CC1=NC(c2ccccc2C)CO1. The third-order valence-electron chi connectivity index (χ3n) is 2.34. The maximum Gasteiger partial charge on any atom is 0.180 e. The first-order chi connectivity index (χ1) is 6.27. The lowest BCUT2D eigenvalue weighted by atomic mass is 10.0. The molecule has 1 aromatic rings. The summed E-state index contributed by atoms with van der Waals surface area (Å²) < 4.78 is 5.32. The maximum absolute atomic E-state index is 5.32. The second kappa shape index (κ2) is 3.21. The van der Waals surface area contributed by atoms with Crippen molar-refractivity contribution in [3.8, 4) is 0 Å². The molecule has 0 spiro atoms. The van der Waals surface area contributed by atoms with E-state index in [0.29, 0.717) is 6.61 Å². The summed E-state index contributed by atoms with van der Waals surface area (Å²) in [4.78, 5) is 4.41. The molecule has 2 rings (SSSR count). The summed E-state index contributed by atoms with van der Waals surface area (Å²) in [5, 5.41) is 0. The van der Waals surface area contributed by atoms with Crippen LogP contribution in [0.25, 0.3) is 0 Å². The molecule has 1 aromatic carbocycles. The van der Waals surface area contributed by atoms with Gasteiger partial charge in [-0.1, -0.05) is 24.3 Å². The van der Waals surface area contributed by atoms with Gasteiger partial charge in [-0.2, -0.15) is 0 Å². The van der Waals surface area contributed by atoms with E-state index >= 15 is 0 Å². The van der Waals surface area contributed by atoms with Crippen molar-refractivity contribution >= 4 is 5.90 Å². The smallest absolute Gasteiger partial charge is 0.180 e. The van der Waals surface area contributed by atoms with Crippen LogP contribution in [0.5, 0.6) is 0 Å². The molecule has 13 heavy (non-hydrogen) atoms. The molecule has 2 nitrogen and oxygen atoms in total. The largest absolute Gasteiger partial charge is 0.479 e. The minimum atomic E-state index is 0.209. The lowest BCUT2D eigenvalue weighted by Crippen LogP contribution is -1.99. The van der Waals surface area contributed by atoms with E-state index in [1.165, 1.54) is 11.1 Å². The molecule has 68 valence electrons. The highest BCUT2D eigenvalue weighted by molar-refractivity contribution is 5.75. The number of nitrogens with zero attached hydrogens (tertiary/aromatic N) is 1. The van der Waals surface area contributed by atoms with Crippen molar-refractivity contribution in [2.45, 2.75) is 19.9 Å². The van der Waals surface area contributed by atoms with E-state index < -0.39 is 0 Å². The van der Waals surface area contributed by atoms with Crippen molar-refractivity contribution < 1.29 is 4.74 Å². The molecular weight excluding hydrogens is 162 g/mol. The normalized spacial score (nSPS) is 21.1. The van der Waals surface area contributed by atoms with E-state index in [9.17, 15) is 0 Å². The Labute approximate surface area is 78.3 Å². The van der Waals surface area contributed by atoms with Gasteiger partial charge in [-0.3, -0.25) is 0 Å². The third-order valence-corrected chi connectivity index (χ3v) is 2.34. The van der Waals surface area contributed by atoms with Crippen LogP contribution in [-0.4, -0.2) is 12.5 Å². The topological polar surface area (TPSA) is 21.6 Å². The van der Waals surface area contributed by atoms with Gasteiger partial charge in [-0.15, -0.1) is 0 Å². The van der Waals surface area contributed by atoms with Gasteiger partial charge in [0, 0.05) is 6.92 Å². The summed E-state index contributed by atoms with van der Waals surface area (Å²) in [6, 6.07) is 8.53. The molecule has 1 aliphatic heterocycles. The van der Waals surface area contributed by atoms with Crippen molar-refractivity contribution in [3.63, 3.8) is 0 Å². The predicted octanol–water partition coefficient (Wildman–Crippen LogP) is 2.48. The van der Waals surface area contributed by atoms with Crippen LogP contribution in [0.15, 0.2) is 29.3 Å². The molecule has 0 fully saturated rings. The standard InChI is InChI=1S/C11H13NO/c1-8-5-3-4-6-10(8)11-7-13-9(2)12-11/h3-6,11H,7H2,1-2H3. The molecule has 0 aliphatic carbocycles. The van der Waals surface area contributed by atoms with E-state index in [1.807, 2.05) is 19.1 Å². The molecule has 1 aliphatic rings. The number of rotatable bonds is 1. The number of hydrogen-bond donors (Lipinski definition) is 0. The van der Waals surface area contributed by atoms with Crippen molar-refractivity contribution in [2.75, 3.05) is 6.61 Å². The Morgan fingerprint density at radius 2 is 2.08 bits per heavy atom. The highest BCUT2D eigenvalue weighted by Crippen LogP contribution is 2.25. The first kappa shape index (κ1) is 8.30. The molecule has 0 radical (unpaired) electrons. The Balaban J connectivity index is 2.31. The van der Waals surface area contributed by atoms with Crippen molar-refractivity contribution in [2.24, 2.45) is 4.99 Å². The van der Waals surface area contributed by atoms with Crippen molar-refractivity contribution in [1.29, 1.82) is 0 Å². The van der Waals surface area contributed by atoms with E-state index in [4.69, 9.17) is 4.74 Å². The van der Waals surface area contributed by atoms with E-state index in [-0.39, 0.29) is 6.04 Å². The predicted molar refractivity (Wildman–Crippen MR) is 53.0 cm³/mol. The molecule has 1 atom stereocenters. The van der Waals surface area contributed by atoms with Gasteiger partial charge in [0.25, 0.3) is 0 Å². The average molecular weight is 175 g/mol. The quantitative estimate of drug-likeness (QED) is 0.642. The zero-order valence-electron chi connectivity index (χ0n) is 7.95. The molecule has 0 saturated carbocycles. The van der Waals surface area contributed by atoms with Gasteiger partial charge in [-0.25, -0.2) is 4.99 Å². The van der Waals surface area contributed by atoms with Gasteiger partial charge in [0.15, 0.2) is 5.90 Å². The van der Waals surface area contributed by atoms with Gasteiger partial charge in [0.2, 0.25) is 0 Å². The Hall–Kier alpha value is -1.31. The number of benzene rings is 1. The van der Waals surface area contributed by atoms with Crippen molar-refractivity contribution in [3.05, 3.63) is 35.4 Å². The van der Waals surface area contributed by atoms with Crippen LogP contribution in [0.3, 0.4) is 0 Å². The Kier molecular flexibility index (Phi) is 2.05. The third kappa shape index (κ3) is 1.57. The van der Waals surface area contributed by atoms with Gasteiger partial charge in [-0.05, 0) is 18.1 Å². The van der Waals surface area contributed by atoms with Gasteiger partial charge in [0.05, 0.1) is 0 Å². The summed E-state index contributed by atoms with van der Waals surface area (Å²) in [7, 11) is 0. The lowest BCUT2D eigenvalue weighted by Gasteiger charge is -2.08. The van der Waals surface area contributed by atoms with Gasteiger partial charge >= 0.3 is 0 Å². The Bertz CT molecular complexity index is 344. The highest BCUT2D eigenvalue weighted by atomic mass is 16.5. The van der Waals surface area contributed by atoms with Crippen molar-refractivity contribution in [1.82, 2.24) is 0 Å². The monoisotopic (exact) mass is 175 g/mol. The highest BCUT2D eigenvalue weighted by Gasteiger charge is 2.18. The van der Waals surface area contributed by atoms with E-state index in [1.54, 1.807) is 0 Å². The van der Waals surface area contributed by atoms with Crippen LogP contribution in [0.4, 0.5) is 0 Å². The molecule has 0 aromatic heterocycles. The second-order valence-corrected chi connectivity index (χ2v) is 3.33. The Morgan fingerprint density at radius 1 is 1.31 bits per heavy atom. The average Bonchev–Trinajstić information content (AvgIpc) is 2.53. The van der Waals surface area contributed by atoms with Crippen LogP contribution in [0.1, 0.15) is 24.1 Å². The molecule has 0 saturated heterocycles. The van der Waals surface area contributed by atoms with Crippen LogP contribution in [0, 0.1) is 6.92 Å². The number of ether oxygens (including phenoxy) is 1. The summed E-state index contributed by atoms with van der Waals surface area (Å²) in [5.41, 5.74) is 2.56. The minimum Gasteiger partial charge on any atom is -0.479 e. The summed E-state index contributed by atoms with van der Waals surface area (Å²) in [5.74, 6) is 0.799. The second-order valence-electron chi connectivity index (χ2n) is 3.33. The van der Waals surface area contributed by atoms with Crippen LogP contribution < -0.4 is 0 Å². The first-order valence-corrected chi connectivity index (χ1v) is 4.50. The van der Waals surface area contributed by atoms with E-state index in [0.717, 1.165) is 5.90 Å². The fraction of sp³-hybridized carbons (Fsp3) is 0.364. The zero-order valence-corrected chi connectivity index (χ0v) is 7.95. The number of aryl methyl sites for hydroxylation is 1. The van der Waals surface area contributed by atoms with Crippen LogP contribution in [-0.2, 0) is 4.74 Å². The zero-order chi connectivity index (χ0) is 9.26. The summed E-state index contributed by atoms with van der Waals surface area (Å²) in [6.07, 6.45) is 0. The van der Waals surface area contributed by atoms with Crippen LogP contribution >= 0.6 is 0 Å². The van der Waals surface area contributed by atoms with E-state index in [2.05, 4.69) is 24.0 Å². The molecule has 1 heterocycles. The number of aliphatic imine (C=N–C) groups is 1. The minimum absolute atomic E-state index is 0.209. The fourth-order valence-electron chi connectivity index (χ4n) is 1.61. The summed E-state index contributed by atoms with van der Waals surface area (Å²) >= 11 is 0. The Morgan fingerprint density at radius 3 is 2.69 bits per heavy atom. The first-order valence-electron chi connectivity index (χ1n) is 4.50. The lowest BCUT2D eigenvalue weighted by molar-refractivity contribution is 0.316. The molecule has 0 amide bonds. The molecular formula is C11H13NO. The summed E-state index contributed by atoms with van der Waals surface area (Å²) in [6.45, 7) is 4.70. The fourth-order valence-corrected chi connectivity index (χ4v) is 1.61.